The highest BCUT2D eigenvalue weighted by atomic mass is 33.1. The van der Waals surface area contributed by atoms with Crippen molar-refractivity contribution in [1.29, 1.82) is 0 Å². The van der Waals surface area contributed by atoms with Crippen molar-refractivity contribution in [3.05, 3.63) is 125 Å². The summed E-state index contributed by atoms with van der Waals surface area (Å²) in [7, 11) is 3.88. The molecule has 0 radical (unpaired) electrons. The standard InChI is InChI=1S/C35H40N3O2S2/c39-26-24-37-22-3-1-7-34(37)19-15-31-11-9-30(10-12-31)6-5-28-41-42-29-21-36-33-17-13-32(14-18-33)16-20-35-8-2-4-23-38(35)25-27-40/h1-4,7-20,22-23,39-40H,5-6,21,24-29H2/q+1/p+1/b19-15+. The van der Waals surface area contributed by atoms with E-state index in [0.717, 1.165) is 47.1 Å². The molecule has 0 unspecified atom stereocenters. The van der Waals surface area contributed by atoms with Gasteiger partial charge in [0.15, 0.2) is 25.5 Å². The zero-order valence-electron chi connectivity index (χ0n) is 24.0. The molecule has 0 amide bonds. The molecule has 0 bridgehead atoms. The smallest absolute Gasteiger partial charge is 0.205 e. The van der Waals surface area contributed by atoms with Crippen LogP contribution in [0, 0.1) is 0 Å². The van der Waals surface area contributed by atoms with Crippen LogP contribution >= 0.6 is 21.6 Å². The lowest BCUT2D eigenvalue weighted by molar-refractivity contribution is -0.699. The number of hydrogen-bond donors (Lipinski definition) is 3. The summed E-state index contributed by atoms with van der Waals surface area (Å²) in [4.78, 5) is 0. The van der Waals surface area contributed by atoms with E-state index in [1.54, 1.807) is 0 Å². The van der Waals surface area contributed by atoms with E-state index in [0.29, 0.717) is 13.1 Å². The average molecular weight is 600 g/mol. The number of anilines is 1. The quantitative estimate of drug-likeness (QED) is 0.0788. The van der Waals surface area contributed by atoms with Gasteiger partial charge in [-0.15, -0.1) is 0 Å². The lowest BCUT2D eigenvalue weighted by Gasteiger charge is -2.07. The van der Waals surface area contributed by atoms with Crippen molar-refractivity contribution in [1.82, 2.24) is 0 Å². The van der Waals surface area contributed by atoms with E-state index >= 15 is 0 Å². The van der Waals surface area contributed by atoms with Crippen LogP contribution in [0.3, 0.4) is 0 Å². The molecule has 2 aromatic heterocycles. The summed E-state index contributed by atoms with van der Waals surface area (Å²) < 4.78 is 4.09. The number of aromatic nitrogens is 2. The Balaban J connectivity index is 1.08. The summed E-state index contributed by atoms with van der Waals surface area (Å²) in [6, 6.07) is 29.4. The monoisotopic (exact) mass is 599 g/mol. The molecule has 0 fully saturated rings. The molecule has 0 aliphatic carbocycles. The molecule has 2 aromatic carbocycles. The van der Waals surface area contributed by atoms with Crippen molar-refractivity contribution < 1.29 is 19.3 Å². The molecule has 5 nitrogen and oxygen atoms in total. The van der Waals surface area contributed by atoms with Gasteiger partial charge in [-0.2, -0.15) is 9.13 Å². The molecule has 2 heterocycles. The Morgan fingerprint density at radius 1 is 0.619 bits per heavy atom. The molecule has 0 atom stereocenters. The highest BCUT2D eigenvalue weighted by Gasteiger charge is 2.06. The summed E-state index contributed by atoms with van der Waals surface area (Å²) in [5.41, 5.74) is 7.00. The van der Waals surface area contributed by atoms with Crippen LogP contribution in [0.15, 0.2) is 97.3 Å². The third-order valence-corrected chi connectivity index (χ3v) is 9.20. The molecule has 0 aliphatic rings. The van der Waals surface area contributed by atoms with Gasteiger partial charge in [-0.25, -0.2) is 0 Å². The van der Waals surface area contributed by atoms with Crippen molar-refractivity contribution >= 4 is 51.6 Å². The fraction of sp³-hybridized carbons (Fsp3) is 0.257. The number of rotatable bonds is 17. The van der Waals surface area contributed by atoms with Crippen molar-refractivity contribution in [3.8, 4) is 0 Å². The zero-order chi connectivity index (χ0) is 29.2. The summed E-state index contributed by atoms with van der Waals surface area (Å²) >= 11 is 0. The summed E-state index contributed by atoms with van der Waals surface area (Å²) in [6.45, 7) is 2.40. The molecule has 0 saturated heterocycles. The Hall–Kier alpha value is -3.36. The SMILES string of the molecule is OCC[n+]1ccccc1/C=C/c1ccc(CCCSSCCNc2ccc(/C=C/c3cccc[n+]3CCO)cc2)cc1. The van der Waals surface area contributed by atoms with Crippen LogP contribution in [0.1, 0.15) is 34.5 Å². The minimum atomic E-state index is 0.129. The second kappa shape index (κ2) is 18.2. The predicted molar refractivity (Wildman–Crippen MR) is 180 cm³/mol. The molecule has 4 rings (SSSR count). The van der Waals surface area contributed by atoms with Gasteiger partial charge in [-0.3, -0.25) is 0 Å². The first-order valence-corrected chi connectivity index (χ1v) is 17.0. The van der Waals surface area contributed by atoms with Gasteiger partial charge in [0.1, 0.15) is 13.2 Å². The molecule has 7 heteroatoms. The van der Waals surface area contributed by atoms with E-state index in [9.17, 15) is 10.2 Å². The Morgan fingerprint density at radius 3 is 1.74 bits per heavy atom. The van der Waals surface area contributed by atoms with Crippen molar-refractivity contribution in [2.75, 3.05) is 36.6 Å². The van der Waals surface area contributed by atoms with Crippen LogP contribution in [0.4, 0.5) is 5.69 Å². The summed E-state index contributed by atoms with van der Waals surface area (Å²) in [5.74, 6) is 2.21. The number of nitrogens with one attached hydrogen (secondary N) is 1. The average Bonchev–Trinajstić information content (AvgIpc) is 3.03. The van der Waals surface area contributed by atoms with E-state index in [1.807, 2.05) is 62.8 Å². The number of hydrogen-bond acceptors (Lipinski definition) is 5. The zero-order valence-corrected chi connectivity index (χ0v) is 25.6. The van der Waals surface area contributed by atoms with E-state index in [1.165, 1.54) is 17.5 Å². The van der Waals surface area contributed by atoms with Crippen molar-refractivity contribution in [2.45, 2.75) is 25.9 Å². The van der Waals surface area contributed by atoms with Gasteiger partial charge in [0.25, 0.3) is 0 Å². The third kappa shape index (κ3) is 10.8. The van der Waals surface area contributed by atoms with Gasteiger partial charge in [-0.05, 0) is 65.9 Å². The van der Waals surface area contributed by atoms with Gasteiger partial charge in [-0.1, -0.05) is 58.0 Å². The molecule has 3 N–H and O–H groups in total. The molecule has 42 heavy (non-hydrogen) atoms. The summed E-state index contributed by atoms with van der Waals surface area (Å²) in [5, 5.41) is 22.0. The molecule has 4 aromatic rings. The maximum atomic E-state index is 9.25. The minimum Gasteiger partial charge on any atom is -0.390 e. The number of aliphatic hydroxyl groups is 2. The highest BCUT2D eigenvalue weighted by Crippen LogP contribution is 2.23. The fourth-order valence-electron chi connectivity index (χ4n) is 4.47. The molecule has 0 saturated carbocycles. The molecule has 218 valence electrons. The van der Waals surface area contributed by atoms with E-state index < -0.39 is 0 Å². The number of aliphatic hydroxyl groups excluding tert-OH is 2. The maximum absolute atomic E-state index is 9.25. The number of pyridine rings is 2. The van der Waals surface area contributed by atoms with E-state index in [2.05, 4.69) is 94.9 Å². The van der Waals surface area contributed by atoms with Gasteiger partial charge in [0.05, 0.1) is 0 Å². The van der Waals surface area contributed by atoms with Crippen LogP contribution < -0.4 is 14.5 Å². The Morgan fingerprint density at radius 2 is 1.17 bits per heavy atom. The van der Waals surface area contributed by atoms with Crippen LogP contribution in [0.25, 0.3) is 24.3 Å². The lowest BCUT2D eigenvalue weighted by Crippen LogP contribution is -2.38. The molecule has 0 aliphatic heterocycles. The summed E-state index contributed by atoms with van der Waals surface area (Å²) in [6.07, 6.45) is 14.7. The second-order valence-corrected chi connectivity index (χ2v) is 12.5. The Bertz CT molecular complexity index is 1300. The van der Waals surface area contributed by atoms with Gasteiger partial charge in [0.2, 0.25) is 11.4 Å². The van der Waals surface area contributed by atoms with Crippen LogP contribution in [0.5, 0.6) is 0 Å². The predicted octanol–water partition coefficient (Wildman–Crippen LogP) is 6.01. The fourth-order valence-corrected chi connectivity index (χ4v) is 6.46. The molecular formula is C35H41N3O2S2+2. The number of nitrogens with zero attached hydrogens (tertiary/aromatic N) is 2. The number of aryl methyl sites for hydroxylation is 1. The maximum Gasteiger partial charge on any atom is 0.205 e. The first kappa shape index (κ1) is 31.6. The molecule has 0 spiro atoms. The second-order valence-electron chi connectivity index (χ2n) is 9.79. The van der Waals surface area contributed by atoms with Crippen LogP contribution in [-0.4, -0.2) is 41.5 Å². The largest absolute Gasteiger partial charge is 0.390 e. The topological polar surface area (TPSA) is 60.2 Å². The van der Waals surface area contributed by atoms with Gasteiger partial charge in [0, 0.05) is 60.2 Å². The Kier molecular flexibility index (Phi) is 13.7. The Labute approximate surface area is 258 Å². The number of benzene rings is 2. The highest BCUT2D eigenvalue weighted by molar-refractivity contribution is 8.76. The first-order valence-electron chi connectivity index (χ1n) is 14.5. The third-order valence-electron chi connectivity index (χ3n) is 6.71. The van der Waals surface area contributed by atoms with E-state index in [4.69, 9.17) is 0 Å². The van der Waals surface area contributed by atoms with Gasteiger partial charge >= 0.3 is 0 Å². The lowest BCUT2D eigenvalue weighted by atomic mass is 10.1. The van der Waals surface area contributed by atoms with Crippen LogP contribution in [0.2, 0.25) is 0 Å². The van der Waals surface area contributed by atoms with Crippen LogP contribution in [-0.2, 0) is 19.5 Å². The normalized spacial score (nSPS) is 11.5. The van der Waals surface area contributed by atoms with E-state index in [-0.39, 0.29) is 13.2 Å². The van der Waals surface area contributed by atoms with Gasteiger partial charge < -0.3 is 15.5 Å². The molecular weight excluding hydrogens is 559 g/mol. The minimum absolute atomic E-state index is 0.129. The van der Waals surface area contributed by atoms with Crippen molar-refractivity contribution in [2.24, 2.45) is 0 Å². The van der Waals surface area contributed by atoms with Crippen molar-refractivity contribution in [3.63, 3.8) is 0 Å². The first-order chi connectivity index (χ1) is 20.7.